The number of ether oxygens (including phenoxy) is 1. The number of hydrogen-bond donors (Lipinski definition) is 1. The van der Waals surface area contributed by atoms with Crippen molar-refractivity contribution < 1.29 is 17.9 Å². The molecule has 180 valence electrons. The molecule has 0 radical (unpaired) electrons. The molecule has 3 aromatic carbocycles. The highest BCUT2D eigenvalue weighted by atomic mass is 32.2. The van der Waals surface area contributed by atoms with Crippen molar-refractivity contribution in [2.24, 2.45) is 0 Å². The molecule has 3 rings (SSSR count). The Balaban J connectivity index is 1.82. The summed E-state index contributed by atoms with van der Waals surface area (Å²) in [6.45, 7) is 2.16. The number of aryl methyl sites for hydroxylation is 1. The van der Waals surface area contributed by atoms with Gasteiger partial charge < -0.3 is 10.1 Å². The molecule has 3 aromatic rings. The van der Waals surface area contributed by atoms with E-state index in [1.807, 2.05) is 24.3 Å². The van der Waals surface area contributed by atoms with Crippen LogP contribution in [-0.2, 0) is 21.2 Å². The predicted molar refractivity (Wildman–Crippen MR) is 135 cm³/mol. The van der Waals surface area contributed by atoms with Gasteiger partial charge in [-0.15, -0.1) is 0 Å². The topological polar surface area (TPSA) is 75.7 Å². The van der Waals surface area contributed by atoms with Gasteiger partial charge in [0.05, 0.1) is 18.0 Å². The average Bonchev–Trinajstić information content (AvgIpc) is 2.87. The fourth-order valence-electron chi connectivity index (χ4n) is 3.73. The third kappa shape index (κ3) is 6.46. The van der Waals surface area contributed by atoms with Crippen LogP contribution in [-0.4, -0.2) is 32.8 Å². The number of carbonyl (C=O) groups is 1. The third-order valence-corrected chi connectivity index (χ3v) is 7.68. The summed E-state index contributed by atoms with van der Waals surface area (Å²) in [6, 6.07) is 22.4. The summed E-state index contributed by atoms with van der Waals surface area (Å²) in [5.41, 5.74) is 2.62. The molecule has 0 spiro atoms. The van der Waals surface area contributed by atoms with Crippen molar-refractivity contribution in [3.8, 4) is 5.75 Å². The largest absolute Gasteiger partial charge is 0.497 e. The lowest BCUT2D eigenvalue weighted by Crippen LogP contribution is -2.33. The van der Waals surface area contributed by atoms with Crippen molar-refractivity contribution in [2.45, 2.75) is 43.5 Å². The van der Waals surface area contributed by atoms with Gasteiger partial charge in [-0.2, -0.15) is 4.31 Å². The Hall–Kier alpha value is -3.16. The third-order valence-electron chi connectivity index (χ3n) is 5.80. The first-order chi connectivity index (χ1) is 16.3. The minimum Gasteiger partial charge on any atom is -0.497 e. The molecule has 7 heteroatoms. The van der Waals surface area contributed by atoms with E-state index in [4.69, 9.17) is 4.74 Å². The Kier molecular flexibility index (Phi) is 8.85. The number of methoxy groups -OCH3 is 1. The first-order valence-electron chi connectivity index (χ1n) is 11.4. The van der Waals surface area contributed by atoms with Gasteiger partial charge in [-0.05, 0) is 60.4 Å². The fraction of sp³-hybridized carbons (Fsp3) is 0.296. The van der Waals surface area contributed by atoms with Crippen LogP contribution < -0.4 is 10.1 Å². The van der Waals surface area contributed by atoms with Crippen molar-refractivity contribution in [1.82, 2.24) is 4.31 Å². The van der Waals surface area contributed by atoms with Gasteiger partial charge in [0.15, 0.2) is 0 Å². The molecule has 0 bridgehead atoms. The fourth-order valence-corrected chi connectivity index (χ4v) is 5.10. The quantitative estimate of drug-likeness (QED) is 0.397. The number of nitrogens with one attached hydrogen (secondary N) is 1. The average molecular weight is 481 g/mol. The second kappa shape index (κ2) is 11.8. The molecule has 0 aliphatic carbocycles. The molecule has 0 aliphatic heterocycles. The maximum atomic E-state index is 13.3. The maximum absolute atomic E-state index is 13.3. The predicted octanol–water partition coefficient (Wildman–Crippen LogP) is 5.43. The summed E-state index contributed by atoms with van der Waals surface area (Å²) in [5, 5.41) is 2.91. The SMILES string of the molecule is CCCCc1ccc(NC(=O)C[C@H](c2ccc(OC)cc2)N(C)S(=O)(=O)c2ccccc2)cc1. The van der Waals surface area contributed by atoms with Crippen LogP contribution in [0.25, 0.3) is 0 Å². The number of amides is 1. The molecule has 1 N–H and O–H groups in total. The minimum atomic E-state index is -3.81. The van der Waals surface area contributed by atoms with E-state index in [1.54, 1.807) is 61.7 Å². The summed E-state index contributed by atoms with van der Waals surface area (Å²) < 4.78 is 33.1. The summed E-state index contributed by atoms with van der Waals surface area (Å²) >= 11 is 0. The first kappa shape index (κ1) is 25.5. The number of anilines is 1. The normalized spacial score (nSPS) is 12.4. The van der Waals surface area contributed by atoms with Gasteiger partial charge in [0.1, 0.15) is 5.75 Å². The molecule has 34 heavy (non-hydrogen) atoms. The van der Waals surface area contributed by atoms with Gasteiger partial charge in [0, 0.05) is 19.2 Å². The molecule has 0 aromatic heterocycles. The number of unbranched alkanes of at least 4 members (excludes halogenated alkanes) is 1. The van der Waals surface area contributed by atoms with E-state index in [0.29, 0.717) is 17.0 Å². The summed E-state index contributed by atoms with van der Waals surface area (Å²) in [7, 11) is -0.737. The molecule has 6 nitrogen and oxygen atoms in total. The Morgan fingerprint density at radius 1 is 0.971 bits per heavy atom. The zero-order valence-corrected chi connectivity index (χ0v) is 20.7. The first-order valence-corrected chi connectivity index (χ1v) is 12.8. The van der Waals surface area contributed by atoms with E-state index < -0.39 is 16.1 Å². The summed E-state index contributed by atoms with van der Waals surface area (Å²) in [4.78, 5) is 13.2. The standard InChI is InChI=1S/C27H32N2O4S/c1-4-5-9-21-12-16-23(17-13-21)28-27(30)20-26(22-14-18-24(33-3)19-15-22)29(2)34(31,32)25-10-7-6-8-11-25/h6-8,10-19,26H,4-5,9,20H2,1-3H3,(H,28,30)/t26-/m1/s1. The second-order valence-electron chi connectivity index (χ2n) is 8.18. The van der Waals surface area contributed by atoms with E-state index in [0.717, 1.165) is 19.3 Å². The van der Waals surface area contributed by atoms with Crippen LogP contribution in [0.3, 0.4) is 0 Å². The van der Waals surface area contributed by atoms with Crippen LogP contribution in [0.1, 0.15) is 43.4 Å². The molecule has 0 fully saturated rings. The highest BCUT2D eigenvalue weighted by molar-refractivity contribution is 7.89. The van der Waals surface area contributed by atoms with E-state index in [2.05, 4.69) is 12.2 Å². The molecule has 0 saturated carbocycles. The zero-order chi connectivity index (χ0) is 24.6. The number of carbonyl (C=O) groups excluding carboxylic acids is 1. The molecule has 0 aliphatic rings. The van der Waals surface area contributed by atoms with Crippen molar-refractivity contribution >= 4 is 21.6 Å². The van der Waals surface area contributed by atoms with E-state index >= 15 is 0 Å². The Morgan fingerprint density at radius 3 is 2.21 bits per heavy atom. The number of benzene rings is 3. The summed E-state index contributed by atoms with van der Waals surface area (Å²) in [5.74, 6) is 0.390. The number of sulfonamides is 1. The smallest absolute Gasteiger partial charge is 0.243 e. The molecule has 0 saturated heterocycles. The molecular weight excluding hydrogens is 448 g/mol. The van der Waals surface area contributed by atoms with Gasteiger partial charge in [0.2, 0.25) is 15.9 Å². The lowest BCUT2D eigenvalue weighted by molar-refractivity contribution is -0.117. The van der Waals surface area contributed by atoms with Gasteiger partial charge in [-0.3, -0.25) is 4.79 Å². The minimum absolute atomic E-state index is 0.0352. The zero-order valence-electron chi connectivity index (χ0n) is 19.9. The molecule has 0 heterocycles. The van der Waals surface area contributed by atoms with E-state index in [1.165, 1.54) is 16.9 Å². The second-order valence-corrected chi connectivity index (χ2v) is 10.2. The van der Waals surface area contributed by atoms with E-state index in [9.17, 15) is 13.2 Å². The van der Waals surface area contributed by atoms with Gasteiger partial charge in [-0.25, -0.2) is 8.42 Å². The number of rotatable bonds is 11. The van der Waals surface area contributed by atoms with Crippen LogP contribution in [0.4, 0.5) is 5.69 Å². The monoisotopic (exact) mass is 480 g/mol. The molecule has 1 amide bonds. The number of nitrogens with zero attached hydrogens (tertiary/aromatic N) is 1. The van der Waals surface area contributed by atoms with Crippen molar-refractivity contribution in [2.75, 3.05) is 19.5 Å². The van der Waals surface area contributed by atoms with Crippen LogP contribution in [0, 0.1) is 0 Å². The van der Waals surface area contributed by atoms with Crippen LogP contribution >= 0.6 is 0 Å². The van der Waals surface area contributed by atoms with Gasteiger partial charge in [0.25, 0.3) is 0 Å². The molecule has 0 unspecified atom stereocenters. The van der Waals surface area contributed by atoms with Crippen molar-refractivity contribution in [3.63, 3.8) is 0 Å². The van der Waals surface area contributed by atoms with Crippen LogP contribution in [0.5, 0.6) is 5.75 Å². The molecule has 1 atom stereocenters. The Bertz CT molecular complexity index is 1160. The van der Waals surface area contributed by atoms with Crippen LogP contribution in [0.2, 0.25) is 0 Å². The van der Waals surface area contributed by atoms with Crippen LogP contribution in [0.15, 0.2) is 83.8 Å². The lowest BCUT2D eigenvalue weighted by atomic mass is 10.0. The van der Waals surface area contributed by atoms with Crippen molar-refractivity contribution in [3.05, 3.63) is 90.0 Å². The van der Waals surface area contributed by atoms with Gasteiger partial charge >= 0.3 is 0 Å². The number of hydrogen-bond acceptors (Lipinski definition) is 4. The highest BCUT2D eigenvalue weighted by Crippen LogP contribution is 2.30. The highest BCUT2D eigenvalue weighted by Gasteiger charge is 2.31. The Morgan fingerprint density at radius 2 is 1.62 bits per heavy atom. The maximum Gasteiger partial charge on any atom is 0.243 e. The molecular formula is C27H32N2O4S. The summed E-state index contributed by atoms with van der Waals surface area (Å²) in [6.07, 6.45) is 3.22. The van der Waals surface area contributed by atoms with Gasteiger partial charge in [-0.1, -0.05) is 55.8 Å². The van der Waals surface area contributed by atoms with E-state index in [-0.39, 0.29) is 17.2 Å². The van der Waals surface area contributed by atoms with Crippen molar-refractivity contribution in [1.29, 1.82) is 0 Å². The Labute approximate surface area is 202 Å². The lowest BCUT2D eigenvalue weighted by Gasteiger charge is -2.28.